The summed E-state index contributed by atoms with van der Waals surface area (Å²) in [4.78, 5) is 2.73. The van der Waals surface area contributed by atoms with Gasteiger partial charge in [0.15, 0.2) is 0 Å². The average Bonchev–Trinajstić information content (AvgIpc) is 2.51. The molecule has 1 N–H and O–H groups in total. The monoisotopic (exact) mass is 306 g/mol. The molecule has 0 bridgehead atoms. The number of benzene rings is 1. The second-order valence-corrected chi connectivity index (χ2v) is 7.44. The zero-order chi connectivity index (χ0) is 15.1. The van der Waals surface area contributed by atoms with Crippen LogP contribution in [0.5, 0.6) is 0 Å². The fourth-order valence-electron chi connectivity index (χ4n) is 3.12. The van der Waals surface area contributed by atoms with E-state index in [1.165, 1.54) is 37.2 Å². The predicted molar refractivity (Wildman–Crippen MR) is 95.2 cm³/mol. The average molecular weight is 307 g/mol. The number of thioether (sulfide) groups is 1. The van der Waals surface area contributed by atoms with Crippen LogP contribution >= 0.6 is 11.8 Å². The van der Waals surface area contributed by atoms with Crippen LogP contribution in [0.1, 0.15) is 32.3 Å². The molecule has 0 radical (unpaired) electrons. The molecule has 1 heterocycles. The van der Waals surface area contributed by atoms with Gasteiger partial charge in [0.1, 0.15) is 0 Å². The summed E-state index contributed by atoms with van der Waals surface area (Å²) in [5, 5.41) is 3.79. The Morgan fingerprint density at radius 1 is 1.33 bits per heavy atom. The van der Waals surface area contributed by atoms with E-state index in [1.807, 2.05) is 11.8 Å². The van der Waals surface area contributed by atoms with Crippen molar-refractivity contribution in [3.05, 3.63) is 35.9 Å². The maximum absolute atomic E-state index is 3.79. The number of piperazine rings is 1. The minimum Gasteiger partial charge on any atom is -0.309 e. The number of rotatable bonds is 7. The standard InChI is InChI=1S/C18H30N2S/c1-4-18(2)15-20(11-8-12-21-3)17(14-19-18)13-16-9-6-5-7-10-16/h5-7,9-10,17,19H,4,8,11-15H2,1-3H3. The first-order valence-corrected chi connectivity index (χ1v) is 9.58. The van der Waals surface area contributed by atoms with Crippen LogP contribution in [0, 0.1) is 0 Å². The van der Waals surface area contributed by atoms with Gasteiger partial charge in [-0.1, -0.05) is 37.3 Å². The SMILES string of the molecule is CCC1(C)CN(CCCSC)C(Cc2ccccc2)CN1. The second-order valence-electron chi connectivity index (χ2n) is 6.46. The molecule has 0 aromatic heterocycles. The van der Waals surface area contributed by atoms with Gasteiger partial charge in [0, 0.05) is 24.7 Å². The smallest absolute Gasteiger partial charge is 0.0278 e. The third-order valence-corrected chi connectivity index (χ3v) is 5.42. The summed E-state index contributed by atoms with van der Waals surface area (Å²) in [6, 6.07) is 11.6. The van der Waals surface area contributed by atoms with Crippen LogP contribution in [0.3, 0.4) is 0 Å². The van der Waals surface area contributed by atoms with E-state index in [0.29, 0.717) is 6.04 Å². The van der Waals surface area contributed by atoms with E-state index in [-0.39, 0.29) is 5.54 Å². The van der Waals surface area contributed by atoms with Crippen molar-refractivity contribution >= 4 is 11.8 Å². The number of nitrogens with zero attached hydrogens (tertiary/aromatic N) is 1. The van der Waals surface area contributed by atoms with E-state index in [9.17, 15) is 0 Å². The maximum Gasteiger partial charge on any atom is 0.0278 e. The van der Waals surface area contributed by atoms with E-state index in [2.05, 4.69) is 60.7 Å². The summed E-state index contributed by atoms with van der Waals surface area (Å²) in [5.41, 5.74) is 1.74. The Morgan fingerprint density at radius 3 is 2.76 bits per heavy atom. The molecule has 1 aromatic rings. The summed E-state index contributed by atoms with van der Waals surface area (Å²) < 4.78 is 0. The van der Waals surface area contributed by atoms with E-state index < -0.39 is 0 Å². The van der Waals surface area contributed by atoms with Crippen molar-refractivity contribution in [2.45, 2.75) is 44.7 Å². The van der Waals surface area contributed by atoms with E-state index >= 15 is 0 Å². The van der Waals surface area contributed by atoms with Gasteiger partial charge < -0.3 is 5.32 Å². The zero-order valence-corrected chi connectivity index (χ0v) is 14.6. The Hall–Kier alpha value is -0.510. The minimum absolute atomic E-state index is 0.284. The van der Waals surface area contributed by atoms with Crippen LogP contribution in [-0.4, -0.2) is 48.1 Å². The summed E-state index contributed by atoms with van der Waals surface area (Å²) in [6.07, 6.45) is 5.86. The molecule has 1 aliphatic rings. The third-order valence-electron chi connectivity index (χ3n) is 4.72. The fourth-order valence-corrected chi connectivity index (χ4v) is 3.54. The third kappa shape index (κ3) is 5.01. The summed E-state index contributed by atoms with van der Waals surface area (Å²) in [6.45, 7) is 8.18. The highest BCUT2D eigenvalue weighted by molar-refractivity contribution is 7.98. The Morgan fingerprint density at radius 2 is 2.10 bits per heavy atom. The number of hydrogen-bond donors (Lipinski definition) is 1. The molecule has 1 aliphatic heterocycles. The zero-order valence-electron chi connectivity index (χ0n) is 13.8. The fraction of sp³-hybridized carbons (Fsp3) is 0.667. The van der Waals surface area contributed by atoms with Crippen LogP contribution < -0.4 is 5.32 Å². The van der Waals surface area contributed by atoms with E-state index in [0.717, 1.165) is 13.0 Å². The second kappa shape index (κ2) is 8.21. The molecule has 3 heteroatoms. The van der Waals surface area contributed by atoms with Crippen molar-refractivity contribution in [2.75, 3.05) is 31.6 Å². The molecule has 0 aliphatic carbocycles. The van der Waals surface area contributed by atoms with Crippen LogP contribution in [-0.2, 0) is 6.42 Å². The van der Waals surface area contributed by atoms with Crippen molar-refractivity contribution in [1.29, 1.82) is 0 Å². The van der Waals surface area contributed by atoms with Crippen molar-refractivity contribution in [3.8, 4) is 0 Å². The van der Waals surface area contributed by atoms with Gasteiger partial charge in [-0.25, -0.2) is 0 Å². The van der Waals surface area contributed by atoms with E-state index in [4.69, 9.17) is 0 Å². The van der Waals surface area contributed by atoms with Gasteiger partial charge in [-0.15, -0.1) is 0 Å². The molecule has 2 unspecified atom stereocenters. The molecule has 2 nitrogen and oxygen atoms in total. The molecule has 21 heavy (non-hydrogen) atoms. The Labute approximate surface area is 134 Å². The molecule has 2 rings (SSSR count). The lowest BCUT2D eigenvalue weighted by molar-refractivity contribution is 0.0846. The molecule has 0 amide bonds. The Bertz CT molecular complexity index is 409. The largest absolute Gasteiger partial charge is 0.309 e. The van der Waals surface area contributed by atoms with Crippen molar-refractivity contribution in [3.63, 3.8) is 0 Å². The first-order chi connectivity index (χ1) is 10.2. The van der Waals surface area contributed by atoms with Gasteiger partial charge >= 0.3 is 0 Å². The lowest BCUT2D eigenvalue weighted by Gasteiger charge is -2.46. The van der Waals surface area contributed by atoms with Crippen LogP contribution in [0.4, 0.5) is 0 Å². The van der Waals surface area contributed by atoms with Crippen molar-refractivity contribution in [1.82, 2.24) is 10.2 Å². The van der Waals surface area contributed by atoms with Gasteiger partial charge in [0.05, 0.1) is 0 Å². The molecule has 2 atom stereocenters. The molecule has 1 fully saturated rings. The lowest BCUT2D eigenvalue weighted by Crippen LogP contribution is -2.63. The first-order valence-electron chi connectivity index (χ1n) is 8.19. The lowest BCUT2D eigenvalue weighted by atomic mass is 9.91. The van der Waals surface area contributed by atoms with Gasteiger partial charge in [-0.3, -0.25) is 4.90 Å². The Balaban J connectivity index is 1.99. The molecule has 1 aromatic carbocycles. The van der Waals surface area contributed by atoms with Gasteiger partial charge in [0.25, 0.3) is 0 Å². The van der Waals surface area contributed by atoms with E-state index in [1.54, 1.807) is 0 Å². The molecule has 118 valence electrons. The number of nitrogens with one attached hydrogen (secondary N) is 1. The number of hydrogen-bond acceptors (Lipinski definition) is 3. The van der Waals surface area contributed by atoms with Crippen molar-refractivity contribution in [2.24, 2.45) is 0 Å². The molecule has 1 saturated heterocycles. The van der Waals surface area contributed by atoms with Gasteiger partial charge in [-0.2, -0.15) is 11.8 Å². The molecular weight excluding hydrogens is 276 g/mol. The van der Waals surface area contributed by atoms with Crippen LogP contribution in [0.2, 0.25) is 0 Å². The summed E-state index contributed by atoms with van der Waals surface area (Å²) in [7, 11) is 0. The maximum atomic E-state index is 3.79. The molecule has 0 saturated carbocycles. The summed E-state index contributed by atoms with van der Waals surface area (Å²) in [5.74, 6) is 1.27. The first kappa shape index (κ1) is 16.9. The topological polar surface area (TPSA) is 15.3 Å². The minimum atomic E-state index is 0.284. The quantitative estimate of drug-likeness (QED) is 0.777. The highest BCUT2D eigenvalue weighted by Gasteiger charge is 2.33. The Kier molecular flexibility index (Phi) is 6.59. The molecular formula is C18H30N2S. The summed E-state index contributed by atoms with van der Waals surface area (Å²) >= 11 is 1.96. The van der Waals surface area contributed by atoms with Crippen LogP contribution in [0.15, 0.2) is 30.3 Å². The normalized spacial score (nSPS) is 26.9. The highest BCUT2D eigenvalue weighted by Crippen LogP contribution is 2.21. The van der Waals surface area contributed by atoms with Crippen molar-refractivity contribution < 1.29 is 0 Å². The predicted octanol–water partition coefficient (Wildman–Crippen LogP) is 3.42. The van der Waals surface area contributed by atoms with Crippen LogP contribution in [0.25, 0.3) is 0 Å². The van der Waals surface area contributed by atoms with Gasteiger partial charge in [0.2, 0.25) is 0 Å². The molecule has 0 spiro atoms. The highest BCUT2D eigenvalue weighted by atomic mass is 32.2. The van der Waals surface area contributed by atoms with Gasteiger partial charge in [-0.05, 0) is 50.3 Å².